The smallest absolute Gasteiger partial charge is 0.352 e. The highest BCUT2D eigenvalue weighted by Gasteiger charge is 2.30. The van der Waals surface area contributed by atoms with E-state index in [-0.39, 0.29) is 15.5 Å². The fourth-order valence-electron chi connectivity index (χ4n) is 4.10. The van der Waals surface area contributed by atoms with Gasteiger partial charge in [0.2, 0.25) is 0 Å². The van der Waals surface area contributed by atoms with Crippen molar-refractivity contribution in [3.63, 3.8) is 0 Å². The fraction of sp³-hybridized carbons (Fsp3) is 0.450. The molecule has 6 nitrogen and oxygen atoms in total. The quantitative estimate of drug-likeness (QED) is 0.652. The van der Waals surface area contributed by atoms with E-state index in [9.17, 15) is 18.7 Å². The van der Waals surface area contributed by atoms with Crippen LogP contribution in [0, 0.1) is 11.6 Å². The minimum Gasteiger partial charge on any atom is -0.412 e. The summed E-state index contributed by atoms with van der Waals surface area (Å²) in [5.41, 5.74) is 2.58. The van der Waals surface area contributed by atoms with Gasteiger partial charge in [-0.25, -0.2) is 13.6 Å². The molecular weight excluding hydrogens is 432 g/mol. The summed E-state index contributed by atoms with van der Waals surface area (Å²) in [7, 11) is -1.49. The highest BCUT2D eigenvalue weighted by atomic mass is 32.2. The average molecular weight is 458 g/mol. The second-order valence-electron chi connectivity index (χ2n) is 7.95. The lowest BCUT2D eigenvalue weighted by atomic mass is 9.98. The number of anilines is 1. The molecule has 1 aromatic heterocycles. The molecule has 0 radical (unpaired) electrons. The van der Waals surface area contributed by atoms with E-state index in [1.165, 1.54) is 6.07 Å². The molecule has 0 spiro atoms. The van der Waals surface area contributed by atoms with Gasteiger partial charge in [0.25, 0.3) is 0 Å². The highest BCUT2D eigenvalue weighted by Crippen LogP contribution is 2.41. The molecule has 0 fully saturated rings. The first-order valence-electron chi connectivity index (χ1n) is 9.55. The van der Waals surface area contributed by atoms with Gasteiger partial charge in [0.1, 0.15) is 15.8 Å². The largest absolute Gasteiger partial charge is 0.412 e. The zero-order valence-corrected chi connectivity index (χ0v) is 18.4. The third-order valence-corrected chi connectivity index (χ3v) is 8.35. The molecule has 2 aliphatic rings. The average Bonchev–Trinajstić information content (AvgIpc) is 3.36. The van der Waals surface area contributed by atoms with Crippen LogP contribution >= 0.6 is 11.3 Å². The summed E-state index contributed by atoms with van der Waals surface area (Å²) in [6.07, 6.45) is 4.51. The van der Waals surface area contributed by atoms with E-state index in [4.69, 9.17) is 5.14 Å². The van der Waals surface area contributed by atoms with Crippen LogP contribution < -0.4 is 10.5 Å². The van der Waals surface area contributed by atoms with Crippen LogP contribution in [0.15, 0.2) is 14.6 Å². The first kappa shape index (κ1) is 23.0. The Morgan fingerprint density at radius 1 is 1.17 bits per heavy atom. The van der Waals surface area contributed by atoms with Crippen molar-refractivity contribution in [2.75, 3.05) is 5.32 Å². The molecule has 0 bridgehead atoms. The summed E-state index contributed by atoms with van der Waals surface area (Å²) in [6, 6.07) is 0.559. The number of carbonyl (C=O) groups excluding carboxylic acids is 1. The summed E-state index contributed by atoms with van der Waals surface area (Å²) in [5.74, 6) is -0.698. The number of hydrogen-bond donors (Lipinski definition) is 3. The van der Waals surface area contributed by atoms with Gasteiger partial charge >= 0.3 is 6.03 Å². The van der Waals surface area contributed by atoms with Crippen LogP contribution in [-0.4, -0.2) is 16.6 Å². The highest BCUT2D eigenvalue weighted by molar-refractivity contribution is 7.87. The molecule has 30 heavy (non-hydrogen) atoms. The Kier molecular flexibility index (Phi) is 6.45. The van der Waals surface area contributed by atoms with Crippen LogP contribution in [0.3, 0.4) is 0 Å². The molecule has 1 atom stereocenters. The number of halogens is 2. The lowest BCUT2D eigenvalue weighted by molar-refractivity contribution is 0.0823. The summed E-state index contributed by atoms with van der Waals surface area (Å²) in [6.45, 7) is 3.10. The van der Waals surface area contributed by atoms with Gasteiger partial charge in [-0.2, -0.15) is 4.36 Å². The summed E-state index contributed by atoms with van der Waals surface area (Å²) < 4.78 is 33.1. The first-order valence-corrected chi connectivity index (χ1v) is 11.6. The van der Waals surface area contributed by atoms with Crippen molar-refractivity contribution in [2.24, 2.45) is 9.50 Å². The van der Waals surface area contributed by atoms with Gasteiger partial charge in [0.15, 0.2) is 0 Å². The molecule has 2 amide bonds. The number of nitrogens with two attached hydrogens (primary N) is 1. The molecule has 0 saturated carbocycles. The number of rotatable bonds is 3. The van der Waals surface area contributed by atoms with Gasteiger partial charge in [-0.1, -0.05) is 0 Å². The van der Waals surface area contributed by atoms with Crippen molar-refractivity contribution >= 4 is 33.9 Å². The maximum Gasteiger partial charge on any atom is 0.352 e. The molecular formula is C20H25F2N3O3S2. The topological polar surface area (TPSA) is 119 Å². The van der Waals surface area contributed by atoms with Crippen LogP contribution in [0.1, 0.15) is 53.8 Å². The lowest BCUT2D eigenvalue weighted by Gasteiger charge is -2.16. The maximum atomic E-state index is 14.8. The minimum atomic E-state index is -1.49. The number of urea groups is 1. The second-order valence-corrected chi connectivity index (χ2v) is 10.5. The van der Waals surface area contributed by atoms with Crippen LogP contribution in [0.25, 0.3) is 0 Å². The van der Waals surface area contributed by atoms with Crippen molar-refractivity contribution in [1.82, 2.24) is 0 Å². The SMILES string of the molecule is CC(C)(O)c1cc(F)c(S(N)=NC(=O)Nc2c3c(c(F)c4c2CCC4)CCC3)s1.O. The van der Waals surface area contributed by atoms with E-state index in [0.717, 1.165) is 48.1 Å². The van der Waals surface area contributed by atoms with Crippen molar-refractivity contribution in [3.05, 3.63) is 44.8 Å². The Labute approximate surface area is 180 Å². The summed E-state index contributed by atoms with van der Waals surface area (Å²) in [5, 5.41) is 18.9. The Morgan fingerprint density at radius 3 is 2.20 bits per heavy atom. The predicted octanol–water partition coefficient (Wildman–Crippen LogP) is 3.67. The van der Waals surface area contributed by atoms with Gasteiger partial charge < -0.3 is 15.9 Å². The molecule has 1 aromatic carbocycles. The third kappa shape index (κ3) is 4.06. The summed E-state index contributed by atoms with van der Waals surface area (Å²) in [4.78, 5) is 13.0. The van der Waals surface area contributed by atoms with Gasteiger partial charge in [-0.3, -0.25) is 5.14 Å². The standard InChI is InChI=1S/C20H23F2N3O2S2.H2O/c1-20(2,27)15-9-14(21)18(28-15)29(23)25-19(26)24-17-12-7-3-5-10(12)16(22)11-6-4-8-13(11)17;/h9,27H,3-8H2,1-2H3,(H3,23,24,25,26);1H2. The number of carbonyl (C=O) groups is 1. The number of nitrogens with one attached hydrogen (secondary N) is 1. The Morgan fingerprint density at radius 2 is 1.70 bits per heavy atom. The number of aliphatic hydroxyl groups is 1. The minimum absolute atomic E-state index is 0. The van der Waals surface area contributed by atoms with E-state index >= 15 is 0 Å². The van der Waals surface area contributed by atoms with Crippen molar-refractivity contribution < 1.29 is 24.2 Å². The Hall–Kier alpha value is -1.72. The maximum absolute atomic E-state index is 14.8. The third-order valence-electron chi connectivity index (χ3n) is 5.43. The number of amides is 2. The molecule has 0 saturated heterocycles. The van der Waals surface area contributed by atoms with Crippen LogP contribution in [0.4, 0.5) is 19.3 Å². The zero-order chi connectivity index (χ0) is 20.9. The molecule has 2 aliphatic carbocycles. The number of fused-ring (bicyclic) bond motifs is 2. The number of hydrogen-bond acceptors (Lipinski definition) is 3. The number of nitrogens with zero attached hydrogens (tertiary/aromatic N) is 1. The van der Waals surface area contributed by atoms with Gasteiger partial charge in [0, 0.05) is 21.4 Å². The van der Waals surface area contributed by atoms with Crippen molar-refractivity contribution in [3.8, 4) is 0 Å². The molecule has 1 unspecified atom stereocenters. The Balaban J connectivity index is 0.00000256. The summed E-state index contributed by atoms with van der Waals surface area (Å²) >= 11 is 1.00. The fourth-order valence-corrected chi connectivity index (χ4v) is 6.15. The predicted molar refractivity (Wildman–Crippen MR) is 115 cm³/mol. The van der Waals surface area contributed by atoms with Crippen molar-refractivity contribution in [2.45, 2.75) is 62.2 Å². The van der Waals surface area contributed by atoms with Crippen LogP contribution in [0.5, 0.6) is 0 Å². The zero-order valence-electron chi connectivity index (χ0n) is 16.8. The molecule has 0 aliphatic heterocycles. The number of benzene rings is 1. The van der Waals surface area contributed by atoms with Gasteiger partial charge in [-0.15, -0.1) is 11.3 Å². The molecule has 10 heteroatoms. The normalized spacial score (nSPS) is 16.2. The van der Waals surface area contributed by atoms with E-state index < -0.39 is 28.3 Å². The van der Waals surface area contributed by atoms with E-state index in [1.54, 1.807) is 13.8 Å². The van der Waals surface area contributed by atoms with Gasteiger partial charge in [0.05, 0.1) is 5.60 Å². The second kappa shape index (κ2) is 8.43. The van der Waals surface area contributed by atoms with E-state index in [0.29, 0.717) is 34.5 Å². The molecule has 4 rings (SSSR count). The van der Waals surface area contributed by atoms with E-state index in [2.05, 4.69) is 9.68 Å². The van der Waals surface area contributed by atoms with E-state index in [1.807, 2.05) is 0 Å². The van der Waals surface area contributed by atoms with Crippen LogP contribution in [0.2, 0.25) is 0 Å². The first-order chi connectivity index (χ1) is 13.7. The molecule has 6 N–H and O–H groups in total. The van der Waals surface area contributed by atoms with Crippen LogP contribution in [-0.2, 0) is 42.2 Å². The Bertz CT molecular complexity index is 1010. The molecule has 2 aromatic rings. The monoisotopic (exact) mass is 457 g/mol. The number of thiophene rings is 1. The molecule has 164 valence electrons. The van der Waals surface area contributed by atoms with Crippen molar-refractivity contribution in [1.29, 1.82) is 0 Å². The van der Waals surface area contributed by atoms with Gasteiger partial charge in [-0.05, 0) is 80.7 Å². The lowest BCUT2D eigenvalue weighted by Crippen LogP contribution is -2.15. The molecule has 1 heterocycles.